The van der Waals surface area contributed by atoms with E-state index >= 15 is 0 Å². The van der Waals surface area contributed by atoms with Gasteiger partial charge in [0.05, 0.1) is 0 Å². The molecule has 16 heavy (non-hydrogen) atoms. The molecular weight excluding hydrogens is 200 g/mol. The van der Waals surface area contributed by atoms with Gasteiger partial charge in [-0.15, -0.1) is 0 Å². The molecule has 0 heterocycles. The Morgan fingerprint density at radius 2 is 2.00 bits per heavy atom. The molecule has 0 aliphatic heterocycles. The Hall–Kier alpha value is -1.35. The van der Waals surface area contributed by atoms with Crippen LogP contribution in [0.4, 0.5) is 0 Å². The zero-order valence-electron chi connectivity index (χ0n) is 10.2. The zero-order valence-corrected chi connectivity index (χ0v) is 10.2. The number of hydrogen-bond acceptors (Lipinski definition) is 2. The Balaban J connectivity index is 2.35. The van der Waals surface area contributed by atoms with Crippen LogP contribution >= 0.6 is 0 Å². The second-order valence-corrected chi connectivity index (χ2v) is 4.19. The van der Waals surface area contributed by atoms with Crippen molar-refractivity contribution in [2.24, 2.45) is 0 Å². The van der Waals surface area contributed by atoms with Gasteiger partial charge in [-0.25, -0.2) is 5.01 Å². The maximum atomic E-state index is 10.8. The highest BCUT2D eigenvalue weighted by atomic mass is 16.2. The normalized spacial score (nSPS) is 12.5. The summed E-state index contributed by atoms with van der Waals surface area (Å²) < 4.78 is 0. The molecule has 0 aromatic heterocycles. The summed E-state index contributed by atoms with van der Waals surface area (Å²) in [6.07, 6.45) is 1.03. The lowest BCUT2D eigenvalue weighted by molar-refractivity contribution is -0.123. The lowest BCUT2D eigenvalue weighted by Crippen LogP contribution is -2.38. The monoisotopic (exact) mass is 220 g/mol. The Morgan fingerprint density at radius 1 is 1.38 bits per heavy atom. The van der Waals surface area contributed by atoms with Gasteiger partial charge in [0.25, 0.3) is 0 Å². The smallest absolute Gasteiger partial charge is 0.231 e. The largest absolute Gasteiger partial charge is 0.289 e. The molecule has 0 bridgehead atoms. The average Bonchev–Trinajstić information content (AvgIpc) is 2.26. The number of amides is 1. The SMILES string of the molecule is CC(=O)NN(C)CCC(C)c1ccccc1. The standard InChI is InChI=1S/C13H20N2O/c1-11(13-7-5-4-6-8-13)9-10-15(3)14-12(2)16/h4-8,11H,9-10H2,1-3H3,(H,14,16). The van der Waals surface area contributed by atoms with E-state index in [0.717, 1.165) is 13.0 Å². The van der Waals surface area contributed by atoms with Crippen LogP contribution in [0.25, 0.3) is 0 Å². The van der Waals surface area contributed by atoms with Crippen LogP contribution in [0, 0.1) is 0 Å². The number of nitrogens with zero attached hydrogens (tertiary/aromatic N) is 1. The lowest BCUT2D eigenvalue weighted by Gasteiger charge is -2.19. The number of carbonyl (C=O) groups is 1. The van der Waals surface area contributed by atoms with Gasteiger partial charge in [-0.2, -0.15) is 0 Å². The van der Waals surface area contributed by atoms with E-state index in [0.29, 0.717) is 5.92 Å². The molecule has 1 atom stereocenters. The van der Waals surface area contributed by atoms with Crippen LogP contribution in [-0.2, 0) is 4.79 Å². The van der Waals surface area contributed by atoms with Crippen molar-refractivity contribution >= 4 is 5.91 Å². The Morgan fingerprint density at radius 3 is 2.56 bits per heavy atom. The fourth-order valence-corrected chi connectivity index (χ4v) is 1.66. The van der Waals surface area contributed by atoms with Crippen LogP contribution in [0.2, 0.25) is 0 Å². The summed E-state index contributed by atoms with van der Waals surface area (Å²) >= 11 is 0. The third-order valence-electron chi connectivity index (χ3n) is 2.61. The molecule has 0 radical (unpaired) electrons. The molecule has 0 saturated heterocycles. The number of hydrogen-bond donors (Lipinski definition) is 1. The molecule has 1 amide bonds. The molecule has 0 fully saturated rings. The summed E-state index contributed by atoms with van der Waals surface area (Å²) in [4.78, 5) is 10.8. The Kier molecular flexibility index (Phi) is 4.99. The molecule has 1 aromatic carbocycles. The number of hydrazine groups is 1. The molecule has 3 nitrogen and oxygen atoms in total. The van der Waals surface area contributed by atoms with Gasteiger partial charge in [-0.05, 0) is 17.9 Å². The lowest BCUT2D eigenvalue weighted by atomic mass is 9.98. The summed E-state index contributed by atoms with van der Waals surface area (Å²) in [5, 5.41) is 1.84. The molecule has 3 heteroatoms. The number of rotatable bonds is 5. The van der Waals surface area contributed by atoms with Gasteiger partial charge in [0.2, 0.25) is 5.91 Å². The van der Waals surface area contributed by atoms with Crippen molar-refractivity contribution in [2.75, 3.05) is 13.6 Å². The predicted octanol–water partition coefficient (Wildman–Crippen LogP) is 2.16. The summed E-state index contributed by atoms with van der Waals surface area (Å²) in [5.74, 6) is 0.493. The molecular formula is C13H20N2O. The van der Waals surface area contributed by atoms with E-state index < -0.39 is 0 Å². The van der Waals surface area contributed by atoms with Crippen LogP contribution in [0.15, 0.2) is 30.3 Å². The number of nitrogens with one attached hydrogen (secondary N) is 1. The first-order valence-electron chi connectivity index (χ1n) is 5.63. The van der Waals surface area contributed by atoms with Gasteiger partial charge in [0.1, 0.15) is 0 Å². The van der Waals surface area contributed by atoms with E-state index in [-0.39, 0.29) is 5.91 Å². The van der Waals surface area contributed by atoms with E-state index in [1.54, 1.807) is 0 Å². The molecule has 0 spiro atoms. The molecule has 0 saturated carbocycles. The van der Waals surface area contributed by atoms with E-state index in [9.17, 15) is 4.79 Å². The van der Waals surface area contributed by atoms with E-state index in [4.69, 9.17) is 0 Å². The van der Waals surface area contributed by atoms with Gasteiger partial charge >= 0.3 is 0 Å². The van der Waals surface area contributed by atoms with Crippen LogP contribution in [0.5, 0.6) is 0 Å². The first-order valence-corrected chi connectivity index (χ1v) is 5.63. The predicted molar refractivity (Wildman–Crippen MR) is 65.9 cm³/mol. The third-order valence-corrected chi connectivity index (χ3v) is 2.61. The molecule has 1 unspecified atom stereocenters. The van der Waals surface area contributed by atoms with Gasteiger partial charge in [0, 0.05) is 20.5 Å². The van der Waals surface area contributed by atoms with Gasteiger partial charge in [-0.3, -0.25) is 10.2 Å². The van der Waals surface area contributed by atoms with E-state index in [1.165, 1.54) is 12.5 Å². The van der Waals surface area contributed by atoms with Crippen molar-refractivity contribution in [3.05, 3.63) is 35.9 Å². The fourth-order valence-electron chi connectivity index (χ4n) is 1.66. The summed E-state index contributed by atoms with van der Waals surface area (Å²) in [6.45, 7) is 4.59. The molecule has 1 N–H and O–H groups in total. The van der Waals surface area contributed by atoms with Crippen LogP contribution in [0.3, 0.4) is 0 Å². The number of benzene rings is 1. The maximum Gasteiger partial charge on any atom is 0.231 e. The van der Waals surface area contributed by atoms with Gasteiger partial charge in [-0.1, -0.05) is 37.3 Å². The minimum absolute atomic E-state index is 0.0186. The highest BCUT2D eigenvalue weighted by Crippen LogP contribution is 2.17. The van der Waals surface area contributed by atoms with Crippen molar-refractivity contribution in [1.82, 2.24) is 10.4 Å². The maximum absolute atomic E-state index is 10.8. The molecule has 0 aliphatic rings. The topological polar surface area (TPSA) is 32.3 Å². The fraction of sp³-hybridized carbons (Fsp3) is 0.462. The van der Waals surface area contributed by atoms with Crippen LogP contribution in [-0.4, -0.2) is 24.5 Å². The summed E-state index contributed by atoms with van der Waals surface area (Å²) in [5.41, 5.74) is 4.09. The van der Waals surface area contributed by atoms with Crippen molar-refractivity contribution in [2.45, 2.75) is 26.2 Å². The third kappa shape index (κ3) is 4.45. The second kappa shape index (κ2) is 6.28. The molecule has 1 rings (SSSR count). The molecule has 1 aromatic rings. The minimum atomic E-state index is -0.0186. The van der Waals surface area contributed by atoms with Crippen LogP contribution < -0.4 is 5.43 Å². The molecule has 88 valence electrons. The quantitative estimate of drug-likeness (QED) is 0.771. The van der Waals surface area contributed by atoms with Crippen LogP contribution in [0.1, 0.15) is 31.7 Å². The van der Waals surface area contributed by atoms with E-state index in [2.05, 4.69) is 36.6 Å². The van der Waals surface area contributed by atoms with Gasteiger partial charge < -0.3 is 0 Å². The summed E-state index contributed by atoms with van der Waals surface area (Å²) in [6, 6.07) is 10.4. The first-order chi connectivity index (χ1) is 7.59. The summed E-state index contributed by atoms with van der Waals surface area (Å²) in [7, 11) is 1.89. The Labute approximate surface area is 97.4 Å². The van der Waals surface area contributed by atoms with Crippen molar-refractivity contribution in [3.63, 3.8) is 0 Å². The van der Waals surface area contributed by atoms with Crippen molar-refractivity contribution in [3.8, 4) is 0 Å². The van der Waals surface area contributed by atoms with Crippen molar-refractivity contribution in [1.29, 1.82) is 0 Å². The van der Waals surface area contributed by atoms with E-state index in [1.807, 2.05) is 18.1 Å². The number of carbonyl (C=O) groups excluding carboxylic acids is 1. The highest BCUT2D eigenvalue weighted by Gasteiger charge is 2.06. The highest BCUT2D eigenvalue weighted by molar-refractivity contribution is 5.72. The Bertz CT molecular complexity index is 324. The molecule has 0 aliphatic carbocycles. The minimum Gasteiger partial charge on any atom is -0.289 e. The second-order valence-electron chi connectivity index (χ2n) is 4.19. The zero-order chi connectivity index (χ0) is 12.0. The average molecular weight is 220 g/mol. The van der Waals surface area contributed by atoms with Crippen molar-refractivity contribution < 1.29 is 4.79 Å². The van der Waals surface area contributed by atoms with Gasteiger partial charge in [0.15, 0.2) is 0 Å². The first kappa shape index (κ1) is 12.7.